The van der Waals surface area contributed by atoms with Gasteiger partial charge in [-0.15, -0.1) is 0 Å². The molecule has 0 N–H and O–H groups in total. The summed E-state index contributed by atoms with van der Waals surface area (Å²) in [6.45, 7) is 5.74. The highest BCUT2D eigenvalue weighted by Gasteiger charge is 2.05. The number of hydrogen-bond donors (Lipinski definition) is 0. The molecular weight excluding hydrogens is 188 g/mol. The number of hydrogen-bond acceptors (Lipinski definition) is 2. The summed E-state index contributed by atoms with van der Waals surface area (Å²) in [6.07, 6.45) is 1.98. The summed E-state index contributed by atoms with van der Waals surface area (Å²) in [7, 11) is 0. The quantitative estimate of drug-likeness (QED) is 0.702. The van der Waals surface area contributed by atoms with Crippen LogP contribution >= 0.6 is 0 Å². The second-order valence-electron chi connectivity index (χ2n) is 4.03. The van der Waals surface area contributed by atoms with Gasteiger partial charge in [0.15, 0.2) is 5.78 Å². The lowest BCUT2D eigenvalue weighted by Gasteiger charge is -2.02. The molecular formula is C12H14N2O. The van der Waals surface area contributed by atoms with Crippen LogP contribution < -0.4 is 0 Å². The van der Waals surface area contributed by atoms with Crippen LogP contribution in [-0.2, 0) is 0 Å². The topological polar surface area (TPSA) is 34.9 Å². The van der Waals surface area contributed by atoms with Crippen molar-refractivity contribution in [2.45, 2.75) is 26.8 Å². The van der Waals surface area contributed by atoms with Gasteiger partial charge in [0, 0.05) is 23.2 Å². The van der Waals surface area contributed by atoms with E-state index in [0.717, 1.165) is 16.5 Å². The third kappa shape index (κ3) is 1.77. The van der Waals surface area contributed by atoms with Gasteiger partial charge < -0.3 is 0 Å². The highest BCUT2D eigenvalue weighted by molar-refractivity contribution is 5.97. The Bertz CT molecular complexity index is 511. The van der Waals surface area contributed by atoms with E-state index >= 15 is 0 Å². The van der Waals surface area contributed by atoms with Gasteiger partial charge in [0.2, 0.25) is 0 Å². The van der Waals surface area contributed by atoms with Crippen LogP contribution in [-0.4, -0.2) is 15.6 Å². The van der Waals surface area contributed by atoms with Crippen molar-refractivity contribution < 1.29 is 4.79 Å². The maximum absolute atomic E-state index is 11.2. The van der Waals surface area contributed by atoms with Crippen LogP contribution in [0.5, 0.6) is 0 Å². The van der Waals surface area contributed by atoms with Gasteiger partial charge in [0.1, 0.15) is 0 Å². The number of aromatic nitrogens is 2. The number of carbonyl (C=O) groups is 1. The molecule has 0 unspecified atom stereocenters. The van der Waals surface area contributed by atoms with Crippen LogP contribution in [0.15, 0.2) is 24.4 Å². The maximum Gasteiger partial charge on any atom is 0.159 e. The van der Waals surface area contributed by atoms with E-state index in [2.05, 4.69) is 18.9 Å². The first-order valence-corrected chi connectivity index (χ1v) is 5.08. The van der Waals surface area contributed by atoms with E-state index in [-0.39, 0.29) is 5.78 Å². The molecule has 0 spiro atoms. The molecule has 2 rings (SSSR count). The van der Waals surface area contributed by atoms with Gasteiger partial charge in [-0.2, -0.15) is 5.10 Å². The zero-order valence-electron chi connectivity index (χ0n) is 9.19. The van der Waals surface area contributed by atoms with Crippen LogP contribution in [0.3, 0.4) is 0 Å². The standard InChI is InChI=1S/C12H14N2O/c1-8(2)14-7-11-6-10(9(3)15)4-5-12(11)13-14/h4-8H,1-3H3. The van der Waals surface area contributed by atoms with E-state index in [0.29, 0.717) is 6.04 Å². The highest BCUT2D eigenvalue weighted by Crippen LogP contribution is 2.17. The van der Waals surface area contributed by atoms with Crippen molar-refractivity contribution in [2.75, 3.05) is 0 Å². The first-order valence-electron chi connectivity index (χ1n) is 5.08. The molecule has 0 saturated carbocycles. The van der Waals surface area contributed by atoms with Crippen molar-refractivity contribution in [2.24, 2.45) is 0 Å². The first kappa shape index (κ1) is 9.90. The fourth-order valence-corrected chi connectivity index (χ4v) is 1.53. The van der Waals surface area contributed by atoms with Crippen molar-refractivity contribution >= 4 is 16.7 Å². The molecule has 2 aromatic rings. The molecule has 0 saturated heterocycles. The van der Waals surface area contributed by atoms with E-state index in [1.807, 2.05) is 29.1 Å². The minimum atomic E-state index is 0.0918. The Morgan fingerprint density at radius 2 is 2.13 bits per heavy atom. The van der Waals surface area contributed by atoms with Crippen molar-refractivity contribution in [3.63, 3.8) is 0 Å². The maximum atomic E-state index is 11.2. The average molecular weight is 202 g/mol. The van der Waals surface area contributed by atoms with Crippen LogP contribution in [0.25, 0.3) is 10.9 Å². The predicted molar refractivity (Wildman–Crippen MR) is 60.1 cm³/mol. The van der Waals surface area contributed by atoms with Crippen LogP contribution in [0.2, 0.25) is 0 Å². The fraction of sp³-hybridized carbons (Fsp3) is 0.333. The SMILES string of the molecule is CC(=O)c1ccc2nn(C(C)C)cc2c1. The number of carbonyl (C=O) groups excluding carboxylic acids is 1. The molecule has 1 aromatic heterocycles. The van der Waals surface area contributed by atoms with E-state index in [4.69, 9.17) is 0 Å². The average Bonchev–Trinajstić information content (AvgIpc) is 2.59. The molecule has 1 aromatic carbocycles. The monoisotopic (exact) mass is 202 g/mol. The van der Waals surface area contributed by atoms with Gasteiger partial charge in [0.05, 0.1) is 5.52 Å². The number of nitrogens with zero attached hydrogens (tertiary/aromatic N) is 2. The number of benzene rings is 1. The summed E-state index contributed by atoms with van der Waals surface area (Å²) in [6, 6.07) is 5.95. The van der Waals surface area contributed by atoms with Gasteiger partial charge in [-0.05, 0) is 39.0 Å². The van der Waals surface area contributed by atoms with Crippen molar-refractivity contribution in [3.8, 4) is 0 Å². The normalized spacial score (nSPS) is 11.2. The predicted octanol–water partition coefficient (Wildman–Crippen LogP) is 2.82. The number of Topliss-reactive ketones (excluding diaryl/α,β-unsaturated/α-hetero) is 1. The highest BCUT2D eigenvalue weighted by atomic mass is 16.1. The molecule has 0 atom stereocenters. The van der Waals surface area contributed by atoms with E-state index < -0.39 is 0 Å². The Morgan fingerprint density at radius 3 is 2.73 bits per heavy atom. The van der Waals surface area contributed by atoms with Crippen molar-refractivity contribution in [3.05, 3.63) is 30.0 Å². The molecule has 0 aliphatic heterocycles. The second-order valence-corrected chi connectivity index (χ2v) is 4.03. The first-order chi connectivity index (χ1) is 7.08. The van der Waals surface area contributed by atoms with Gasteiger partial charge in [-0.25, -0.2) is 0 Å². The summed E-state index contributed by atoms with van der Waals surface area (Å²) in [5.41, 5.74) is 1.68. The van der Waals surface area contributed by atoms with Crippen molar-refractivity contribution in [1.82, 2.24) is 9.78 Å². The molecule has 3 nitrogen and oxygen atoms in total. The molecule has 78 valence electrons. The zero-order valence-corrected chi connectivity index (χ0v) is 9.19. The minimum absolute atomic E-state index is 0.0918. The molecule has 0 bridgehead atoms. The molecule has 3 heteroatoms. The largest absolute Gasteiger partial charge is 0.295 e. The van der Waals surface area contributed by atoms with Gasteiger partial charge in [-0.3, -0.25) is 9.48 Å². The second kappa shape index (κ2) is 3.50. The molecule has 0 aliphatic carbocycles. The Kier molecular flexibility index (Phi) is 2.31. The lowest BCUT2D eigenvalue weighted by molar-refractivity contribution is 0.101. The number of fused-ring (bicyclic) bond motifs is 1. The van der Waals surface area contributed by atoms with Gasteiger partial charge in [0.25, 0.3) is 0 Å². The van der Waals surface area contributed by atoms with Crippen LogP contribution in [0.1, 0.15) is 37.2 Å². The molecule has 0 amide bonds. The minimum Gasteiger partial charge on any atom is -0.295 e. The van der Waals surface area contributed by atoms with Crippen LogP contribution in [0.4, 0.5) is 0 Å². The summed E-state index contributed by atoms with van der Waals surface area (Å²) >= 11 is 0. The van der Waals surface area contributed by atoms with E-state index in [1.54, 1.807) is 6.92 Å². The van der Waals surface area contributed by atoms with E-state index in [9.17, 15) is 4.79 Å². The Hall–Kier alpha value is -1.64. The zero-order chi connectivity index (χ0) is 11.0. The summed E-state index contributed by atoms with van der Waals surface area (Å²) < 4.78 is 1.91. The fourth-order valence-electron chi connectivity index (χ4n) is 1.53. The Morgan fingerprint density at radius 1 is 1.40 bits per heavy atom. The Labute approximate surface area is 88.7 Å². The molecule has 0 aliphatic rings. The molecule has 0 radical (unpaired) electrons. The third-order valence-electron chi connectivity index (χ3n) is 2.46. The summed E-state index contributed by atoms with van der Waals surface area (Å²) in [5.74, 6) is 0.0918. The lowest BCUT2D eigenvalue weighted by atomic mass is 10.1. The Balaban J connectivity index is 2.57. The third-order valence-corrected chi connectivity index (χ3v) is 2.46. The van der Waals surface area contributed by atoms with Crippen LogP contribution in [0, 0.1) is 0 Å². The smallest absolute Gasteiger partial charge is 0.159 e. The molecule has 15 heavy (non-hydrogen) atoms. The summed E-state index contributed by atoms with van der Waals surface area (Å²) in [4.78, 5) is 11.2. The number of rotatable bonds is 2. The van der Waals surface area contributed by atoms with Crippen molar-refractivity contribution in [1.29, 1.82) is 0 Å². The molecule has 0 fully saturated rings. The van der Waals surface area contributed by atoms with Gasteiger partial charge >= 0.3 is 0 Å². The summed E-state index contributed by atoms with van der Waals surface area (Å²) in [5, 5.41) is 5.44. The van der Waals surface area contributed by atoms with E-state index in [1.165, 1.54) is 0 Å². The number of ketones is 1. The lowest BCUT2D eigenvalue weighted by Crippen LogP contribution is -1.99. The van der Waals surface area contributed by atoms with Gasteiger partial charge in [-0.1, -0.05) is 0 Å². The molecule has 1 heterocycles.